The number of amides is 2. The number of nitrogens with one attached hydrogen (secondary N) is 1. The van der Waals surface area contributed by atoms with Gasteiger partial charge in [-0.25, -0.2) is 0 Å². The van der Waals surface area contributed by atoms with Crippen molar-refractivity contribution in [3.63, 3.8) is 0 Å². The predicted octanol–water partition coefficient (Wildman–Crippen LogP) is 3.87. The summed E-state index contributed by atoms with van der Waals surface area (Å²) < 4.78 is 27.0. The highest BCUT2D eigenvalue weighted by Gasteiger charge is 2.27. The third-order valence-corrected chi connectivity index (χ3v) is 7.19. The second-order valence-electron chi connectivity index (χ2n) is 9.38. The van der Waals surface area contributed by atoms with Gasteiger partial charge in [-0.3, -0.25) is 9.59 Å². The van der Waals surface area contributed by atoms with Gasteiger partial charge >= 0.3 is 0 Å². The maximum Gasteiger partial charge on any atom is 0.251 e. The number of carbonyl (C=O) groups excluding carboxylic acids is 2. The molecule has 2 amide bonds. The smallest absolute Gasteiger partial charge is 0.251 e. The lowest BCUT2D eigenvalue weighted by molar-refractivity contribution is -0.128. The van der Waals surface area contributed by atoms with Gasteiger partial charge in [0, 0.05) is 30.3 Å². The Morgan fingerprint density at radius 1 is 0.789 bits per heavy atom. The van der Waals surface area contributed by atoms with E-state index in [1.165, 1.54) is 21.3 Å². The molecule has 0 saturated carbocycles. The molecule has 204 valence electrons. The van der Waals surface area contributed by atoms with Crippen LogP contribution in [0.3, 0.4) is 0 Å². The average molecular weight is 525 g/mol. The van der Waals surface area contributed by atoms with Crippen molar-refractivity contribution >= 4 is 17.9 Å². The first-order chi connectivity index (χ1) is 18.4. The zero-order chi connectivity index (χ0) is 27.2. The Morgan fingerprint density at radius 3 is 1.97 bits per heavy atom. The normalized spacial score (nSPS) is 15.5. The van der Waals surface area contributed by atoms with Crippen LogP contribution in [0.15, 0.2) is 29.8 Å². The third-order valence-electron chi connectivity index (χ3n) is 7.19. The number of methoxy groups -OCH3 is 5. The lowest BCUT2D eigenvalue weighted by Gasteiger charge is -2.33. The van der Waals surface area contributed by atoms with Crippen molar-refractivity contribution in [3.05, 3.63) is 46.5 Å². The molecule has 0 atom stereocenters. The monoisotopic (exact) mass is 524 g/mol. The molecule has 38 heavy (non-hydrogen) atoms. The van der Waals surface area contributed by atoms with E-state index in [0.29, 0.717) is 60.2 Å². The van der Waals surface area contributed by atoms with E-state index in [4.69, 9.17) is 23.7 Å². The van der Waals surface area contributed by atoms with Crippen molar-refractivity contribution < 1.29 is 33.3 Å². The number of hydrogen-bond acceptors (Lipinski definition) is 7. The SMILES string of the molecule is COc1cc2c(cc1OC)CCCC(C(=O)N1CCC(NC(=O)c3cc(OC)c(OC)c(OC)c3)CC1)=C2. The Morgan fingerprint density at radius 2 is 1.39 bits per heavy atom. The van der Waals surface area contributed by atoms with Crippen LogP contribution in [-0.4, -0.2) is 71.4 Å². The van der Waals surface area contributed by atoms with Gasteiger partial charge in [0.15, 0.2) is 23.0 Å². The maximum absolute atomic E-state index is 13.4. The highest BCUT2D eigenvalue weighted by Crippen LogP contribution is 2.38. The number of nitrogens with zero attached hydrogens (tertiary/aromatic N) is 1. The molecule has 1 aliphatic carbocycles. The molecule has 4 rings (SSSR count). The van der Waals surface area contributed by atoms with Crippen LogP contribution in [0.1, 0.15) is 47.2 Å². The number of piperidine rings is 1. The summed E-state index contributed by atoms with van der Waals surface area (Å²) in [6.07, 6.45) is 5.83. The Kier molecular flexibility index (Phi) is 8.66. The van der Waals surface area contributed by atoms with E-state index in [9.17, 15) is 9.59 Å². The topological polar surface area (TPSA) is 95.6 Å². The minimum Gasteiger partial charge on any atom is -0.493 e. The highest BCUT2D eigenvalue weighted by molar-refractivity contribution is 5.98. The number of carbonyl (C=O) groups is 2. The van der Waals surface area contributed by atoms with Gasteiger partial charge < -0.3 is 33.9 Å². The van der Waals surface area contributed by atoms with Crippen LogP contribution in [-0.2, 0) is 11.2 Å². The molecule has 1 saturated heterocycles. The summed E-state index contributed by atoms with van der Waals surface area (Å²) in [7, 11) is 7.79. The van der Waals surface area contributed by atoms with E-state index in [1.807, 2.05) is 23.1 Å². The number of likely N-dealkylation sites (tertiary alicyclic amines) is 1. The molecule has 0 spiro atoms. The molecule has 1 aliphatic heterocycles. The summed E-state index contributed by atoms with van der Waals surface area (Å²) in [5.41, 5.74) is 3.37. The highest BCUT2D eigenvalue weighted by atomic mass is 16.5. The molecule has 0 aromatic heterocycles. The van der Waals surface area contributed by atoms with E-state index < -0.39 is 0 Å². The molecule has 2 aromatic rings. The number of rotatable bonds is 8. The van der Waals surface area contributed by atoms with E-state index in [-0.39, 0.29) is 17.9 Å². The zero-order valence-electron chi connectivity index (χ0n) is 22.7. The summed E-state index contributed by atoms with van der Waals surface area (Å²) in [5, 5.41) is 3.09. The van der Waals surface area contributed by atoms with Crippen molar-refractivity contribution in [2.45, 2.75) is 38.1 Å². The fourth-order valence-corrected chi connectivity index (χ4v) is 5.10. The molecule has 1 fully saturated rings. The van der Waals surface area contributed by atoms with Crippen LogP contribution in [0, 0.1) is 0 Å². The van der Waals surface area contributed by atoms with E-state index >= 15 is 0 Å². The minimum absolute atomic E-state index is 0.0359. The number of ether oxygens (including phenoxy) is 5. The van der Waals surface area contributed by atoms with Crippen molar-refractivity contribution in [2.24, 2.45) is 0 Å². The predicted molar refractivity (Wildman–Crippen MR) is 144 cm³/mol. The molecule has 0 bridgehead atoms. The third kappa shape index (κ3) is 5.66. The quantitative estimate of drug-likeness (QED) is 0.560. The number of benzene rings is 2. The van der Waals surface area contributed by atoms with Crippen LogP contribution in [0.4, 0.5) is 0 Å². The van der Waals surface area contributed by atoms with Gasteiger partial charge in [0.25, 0.3) is 5.91 Å². The molecular weight excluding hydrogens is 488 g/mol. The molecule has 2 aliphatic rings. The summed E-state index contributed by atoms with van der Waals surface area (Å²) in [4.78, 5) is 28.3. The van der Waals surface area contributed by atoms with Gasteiger partial charge in [0.2, 0.25) is 11.7 Å². The Labute approximate surface area is 223 Å². The van der Waals surface area contributed by atoms with Gasteiger partial charge in [-0.05, 0) is 73.6 Å². The van der Waals surface area contributed by atoms with Crippen molar-refractivity contribution in [1.29, 1.82) is 0 Å². The summed E-state index contributed by atoms with van der Waals surface area (Å²) in [5.74, 6) is 2.47. The first-order valence-corrected chi connectivity index (χ1v) is 12.8. The maximum atomic E-state index is 13.4. The summed E-state index contributed by atoms with van der Waals surface area (Å²) in [6.45, 7) is 1.16. The van der Waals surface area contributed by atoms with Crippen molar-refractivity contribution in [1.82, 2.24) is 10.2 Å². The van der Waals surface area contributed by atoms with Gasteiger partial charge in [0.1, 0.15) is 0 Å². The van der Waals surface area contributed by atoms with E-state index in [2.05, 4.69) is 5.32 Å². The molecule has 9 heteroatoms. The molecule has 2 aromatic carbocycles. The number of fused-ring (bicyclic) bond motifs is 1. The summed E-state index contributed by atoms with van der Waals surface area (Å²) >= 11 is 0. The fourth-order valence-electron chi connectivity index (χ4n) is 5.10. The lowest BCUT2D eigenvalue weighted by Crippen LogP contribution is -2.46. The molecule has 1 N–H and O–H groups in total. The minimum atomic E-state index is -0.221. The van der Waals surface area contributed by atoms with Crippen molar-refractivity contribution in [2.75, 3.05) is 48.6 Å². The second kappa shape index (κ2) is 12.1. The summed E-state index contributed by atoms with van der Waals surface area (Å²) in [6, 6.07) is 7.18. The Hall–Kier alpha value is -3.88. The number of hydrogen-bond donors (Lipinski definition) is 1. The van der Waals surface area contributed by atoms with Gasteiger partial charge in [-0.1, -0.05) is 0 Å². The van der Waals surface area contributed by atoms with Crippen LogP contribution < -0.4 is 29.0 Å². The van der Waals surface area contributed by atoms with E-state index in [1.54, 1.807) is 26.4 Å². The van der Waals surface area contributed by atoms with Gasteiger partial charge in [-0.2, -0.15) is 0 Å². The molecule has 1 heterocycles. The zero-order valence-corrected chi connectivity index (χ0v) is 22.7. The van der Waals surface area contributed by atoms with Gasteiger partial charge in [0.05, 0.1) is 35.5 Å². The van der Waals surface area contributed by atoms with Crippen LogP contribution in [0.5, 0.6) is 28.7 Å². The number of aryl methyl sites for hydroxylation is 1. The first-order valence-electron chi connectivity index (χ1n) is 12.8. The average Bonchev–Trinajstić information content (AvgIpc) is 3.17. The largest absolute Gasteiger partial charge is 0.493 e. The Bertz CT molecular complexity index is 1190. The second-order valence-corrected chi connectivity index (χ2v) is 9.38. The molecule has 9 nitrogen and oxygen atoms in total. The lowest BCUT2D eigenvalue weighted by atomic mass is 10.0. The van der Waals surface area contributed by atoms with Crippen LogP contribution >= 0.6 is 0 Å². The van der Waals surface area contributed by atoms with Crippen LogP contribution in [0.25, 0.3) is 6.08 Å². The molecule has 0 unspecified atom stereocenters. The molecule has 0 radical (unpaired) electrons. The first kappa shape index (κ1) is 27.2. The van der Waals surface area contributed by atoms with E-state index in [0.717, 1.165) is 36.0 Å². The van der Waals surface area contributed by atoms with Crippen LogP contribution in [0.2, 0.25) is 0 Å². The van der Waals surface area contributed by atoms with Gasteiger partial charge in [-0.15, -0.1) is 0 Å². The Balaban J connectivity index is 1.40. The van der Waals surface area contributed by atoms with Crippen molar-refractivity contribution in [3.8, 4) is 28.7 Å². The molecular formula is C29H36N2O7. The fraction of sp³-hybridized carbons (Fsp3) is 0.448. The standard InChI is InChI=1S/C29H36N2O7/c1-34-23-14-18-7-6-8-19(13-20(18)15-24(23)35-2)29(33)31-11-9-22(10-12-31)30-28(32)21-16-25(36-3)27(38-5)26(17-21)37-4/h13-17,22H,6-12H2,1-5H3,(H,30,32).